The van der Waals surface area contributed by atoms with Crippen LogP contribution in [0.5, 0.6) is 0 Å². The number of rotatable bonds is 11. The minimum Gasteiger partial charge on any atom is -0.480 e. The second-order valence-electron chi connectivity index (χ2n) is 8.11. The fourth-order valence-corrected chi connectivity index (χ4v) is 4.16. The number of carbonyl (C=O) groups is 2. The summed E-state index contributed by atoms with van der Waals surface area (Å²) in [4.78, 5) is 24.7. The van der Waals surface area contributed by atoms with Gasteiger partial charge in [-0.2, -0.15) is 11.8 Å². The van der Waals surface area contributed by atoms with Gasteiger partial charge >= 0.3 is 5.97 Å². The zero-order valence-electron chi connectivity index (χ0n) is 19.5. The van der Waals surface area contributed by atoms with Crippen molar-refractivity contribution >= 4 is 23.6 Å². The Morgan fingerprint density at radius 3 is 2.31 bits per heavy atom. The lowest BCUT2D eigenvalue weighted by atomic mass is 9.93. The van der Waals surface area contributed by atoms with E-state index in [2.05, 4.69) is 5.32 Å². The van der Waals surface area contributed by atoms with Gasteiger partial charge in [-0.15, -0.1) is 0 Å². The molecule has 35 heavy (non-hydrogen) atoms. The fraction of sp³-hybridized carbons (Fsp3) is 0.259. The molecule has 3 rings (SSSR count). The number of carboxylic acid groups (broad SMARTS) is 1. The smallest absolute Gasteiger partial charge is 0.326 e. The Labute approximate surface area is 207 Å². The Bertz CT molecular complexity index is 1180. The molecular weight excluding hydrogens is 472 g/mol. The summed E-state index contributed by atoms with van der Waals surface area (Å²) in [6, 6.07) is 15.0. The molecule has 0 unspecified atom stereocenters. The van der Waals surface area contributed by atoms with Crippen molar-refractivity contribution in [3.05, 3.63) is 94.6 Å². The first kappa shape index (κ1) is 26.4. The van der Waals surface area contributed by atoms with Crippen molar-refractivity contribution in [3.63, 3.8) is 0 Å². The summed E-state index contributed by atoms with van der Waals surface area (Å²) in [6.07, 6.45) is 2.19. The molecule has 0 spiro atoms. The average molecular weight is 500 g/mol. The molecule has 0 heterocycles. The number of ether oxygens (including phenoxy) is 1. The molecule has 0 aromatic heterocycles. The van der Waals surface area contributed by atoms with Crippen LogP contribution in [-0.2, 0) is 22.7 Å². The van der Waals surface area contributed by atoms with E-state index in [9.17, 15) is 23.5 Å². The van der Waals surface area contributed by atoms with Gasteiger partial charge in [0.15, 0.2) is 0 Å². The summed E-state index contributed by atoms with van der Waals surface area (Å²) in [6.45, 7) is 2.11. The Hall–Kier alpha value is -3.23. The normalized spacial score (nSPS) is 11.8. The van der Waals surface area contributed by atoms with Crippen LogP contribution in [0, 0.1) is 18.6 Å². The molecule has 0 fully saturated rings. The first-order chi connectivity index (χ1) is 16.8. The lowest BCUT2D eigenvalue weighted by Gasteiger charge is -2.18. The van der Waals surface area contributed by atoms with E-state index >= 15 is 0 Å². The lowest BCUT2D eigenvalue weighted by Crippen LogP contribution is -2.41. The summed E-state index contributed by atoms with van der Waals surface area (Å²) in [5, 5.41) is 12.1. The minimum absolute atomic E-state index is 0.0202. The molecule has 5 nitrogen and oxygen atoms in total. The summed E-state index contributed by atoms with van der Waals surface area (Å²) in [5.41, 5.74) is 3.92. The van der Waals surface area contributed by atoms with Gasteiger partial charge in [0, 0.05) is 11.6 Å². The van der Waals surface area contributed by atoms with Gasteiger partial charge < -0.3 is 15.2 Å². The van der Waals surface area contributed by atoms with Gasteiger partial charge in [0.05, 0.1) is 13.2 Å². The SMILES string of the molecule is CSCC[C@H](NC(=O)c1ccc(COCc2cc(F)cc(F)c2)cc1-c1ccccc1C)C(=O)O. The number of aryl methyl sites for hydroxylation is 1. The molecule has 0 bridgehead atoms. The fourth-order valence-electron chi connectivity index (χ4n) is 3.69. The van der Waals surface area contributed by atoms with E-state index in [1.165, 1.54) is 23.9 Å². The highest BCUT2D eigenvalue weighted by Gasteiger charge is 2.22. The number of nitrogens with one attached hydrogen (secondary N) is 1. The van der Waals surface area contributed by atoms with Crippen LogP contribution in [0.4, 0.5) is 8.78 Å². The highest BCUT2D eigenvalue weighted by molar-refractivity contribution is 7.98. The van der Waals surface area contributed by atoms with E-state index in [-0.39, 0.29) is 13.2 Å². The van der Waals surface area contributed by atoms with E-state index in [1.807, 2.05) is 43.5 Å². The van der Waals surface area contributed by atoms with Gasteiger partial charge in [-0.1, -0.05) is 30.3 Å². The Balaban J connectivity index is 1.85. The maximum atomic E-state index is 13.4. The maximum absolute atomic E-state index is 13.4. The van der Waals surface area contributed by atoms with Crippen LogP contribution < -0.4 is 5.32 Å². The van der Waals surface area contributed by atoms with E-state index in [4.69, 9.17) is 4.74 Å². The van der Waals surface area contributed by atoms with Crippen LogP contribution in [0.1, 0.15) is 33.5 Å². The van der Waals surface area contributed by atoms with E-state index in [1.54, 1.807) is 12.1 Å². The van der Waals surface area contributed by atoms with Crippen LogP contribution in [0.2, 0.25) is 0 Å². The number of carboxylic acids is 1. The zero-order valence-corrected chi connectivity index (χ0v) is 20.3. The Kier molecular flexibility index (Phi) is 9.39. The molecular formula is C27H27F2NO4S. The van der Waals surface area contributed by atoms with Crippen molar-refractivity contribution < 1.29 is 28.2 Å². The van der Waals surface area contributed by atoms with Crippen molar-refractivity contribution in [1.82, 2.24) is 5.32 Å². The third-order valence-corrected chi connectivity index (χ3v) is 6.08. The molecule has 8 heteroatoms. The Morgan fingerprint density at radius 1 is 0.971 bits per heavy atom. The molecule has 0 saturated heterocycles. The molecule has 0 aliphatic rings. The van der Waals surface area contributed by atoms with Crippen molar-refractivity contribution in [2.45, 2.75) is 32.6 Å². The van der Waals surface area contributed by atoms with Gasteiger partial charge in [0.2, 0.25) is 0 Å². The number of aliphatic carboxylic acids is 1. The zero-order chi connectivity index (χ0) is 25.4. The molecule has 0 radical (unpaired) electrons. The highest BCUT2D eigenvalue weighted by Crippen LogP contribution is 2.29. The molecule has 0 aliphatic carbocycles. The van der Waals surface area contributed by atoms with Crippen molar-refractivity contribution in [2.75, 3.05) is 12.0 Å². The number of amides is 1. The summed E-state index contributed by atoms with van der Waals surface area (Å²) in [5.74, 6) is -2.29. The van der Waals surface area contributed by atoms with Crippen molar-refractivity contribution in [2.24, 2.45) is 0 Å². The molecule has 0 saturated carbocycles. The molecule has 1 atom stereocenters. The second-order valence-corrected chi connectivity index (χ2v) is 9.10. The van der Waals surface area contributed by atoms with Crippen LogP contribution >= 0.6 is 11.8 Å². The van der Waals surface area contributed by atoms with Gasteiger partial charge in [0.1, 0.15) is 17.7 Å². The first-order valence-corrected chi connectivity index (χ1v) is 12.4. The largest absolute Gasteiger partial charge is 0.480 e. The Morgan fingerprint density at radius 2 is 1.66 bits per heavy atom. The van der Waals surface area contributed by atoms with Crippen LogP contribution in [0.3, 0.4) is 0 Å². The predicted octanol–water partition coefficient (Wildman–Crippen LogP) is 5.59. The maximum Gasteiger partial charge on any atom is 0.326 e. The molecule has 2 N–H and O–H groups in total. The third kappa shape index (κ3) is 7.37. The molecule has 3 aromatic carbocycles. The number of carbonyl (C=O) groups excluding carboxylic acids is 1. The topological polar surface area (TPSA) is 75.6 Å². The lowest BCUT2D eigenvalue weighted by molar-refractivity contribution is -0.139. The average Bonchev–Trinajstić information content (AvgIpc) is 2.81. The van der Waals surface area contributed by atoms with E-state index in [0.29, 0.717) is 28.9 Å². The number of thioether (sulfide) groups is 1. The van der Waals surface area contributed by atoms with Gasteiger partial charge in [-0.05, 0) is 77.4 Å². The monoisotopic (exact) mass is 499 g/mol. The molecule has 1 amide bonds. The third-order valence-electron chi connectivity index (χ3n) is 5.44. The quantitative estimate of drug-likeness (QED) is 0.360. The first-order valence-electron chi connectivity index (χ1n) is 11.0. The predicted molar refractivity (Wildman–Crippen MR) is 133 cm³/mol. The summed E-state index contributed by atoms with van der Waals surface area (Å²) < 4.78 is 32.5. The standard InChI is InChI=1S/C27H27F2NO4S/c1-17-5-3-4-6-22(17)24-13-18(15-34-16-19-11-20(28)14-21(29)12-19)7-8-23(24)26(31)30-25(27(32)33)9-10-35-2/h3-8,11-14,25H,9-10,15-16H2,1-2H3,(H,30,31)(H,32,33)/t25-/m0/s1. The van der Waals surface area contributed by atoms with Gasteiger partial charge in [0.25, 0.3) is 5.91 Å². The van der Waals surface area contributed by atoms with E-state index < -0.39 is 29.6 Å². The molecule has 3 aromatic rings. The van der Waals surface area contributed by atoms with Crippen LogP contribution in [-0.4, -0.2) is 35.0 Å². The second kappa shape index (κ2) is 12.5. The molecule has 184 valence electrons. The molecule has 0 aliphatic heterocycles. The van der Waals surface area contributed by atoms with Crippen molar-refractivity contribution in [1.29, 1.82) is 0 Å². The number of hydrogen-bond acceptors (Lipinski definition) is 4. The van der Waals surface area contributed by atoms with Crippen molar-refractivity contribution in [3.8, 4) is 11.1 Å². The van der Waals surface area contributed by atoms with Crippen LogP contribution in [0.15, 0.2) is 60.7 Å². The number of hydrogen-bond donors (Lipinski definition) is 2. The summed E-state index contributed by atoms with van der Waals surface area (Å²) >= 11 is 1.51. The van der Waals surface area contributed by atoms with Gasteiger partial charge in [-0.3, -0.25) is 4.79 Å². The summed E-state index contributed by atoms with van der Waals surface area (Å²) in [7, 11) is 0. The van der Waals surface area contributed by atoms with Gasteiger partial charge in [-0.25, -0.2) is 13.6 Å². The number of benzene rings is 3. The minimum atomic E-state index is -1.08. The van der Waals surface area contributed by atoms with E-state index in [0.717, 1.165) is 22.8 Å². The highest BCUT2D eigenvalue weighted by atomic mass is 32.2. The number of halogens is 2. The van der Waals surface area contributed by atoms with Crippen LogP contribution in [0.25, 0.3) is 11.1 Å².